The fraction of sp³-hybridized carbons (Fsp3) is 0.364. The summed E-state index contributed by atoms with van der Waals surface area (Å²) in [6, 6.07) is 4.27. The molecular weight excluding hydrogens is 254 g/mol. The Labute approximate surface area is 97.2 Å². The second-order valence-corrected chi connectivity index (χ2v) is 4.54. The van der Waals surface area contributed by atoms with Gasteiger partial charge in [-0.05, 0) is 59.9 Å². The van der Waals surface area contributed by atoms with Crippen LogP contribution in [0.1, 0.15) is 17.8 Å². The Morgan fingerprint density at radius 3 is 3.00 bits per heavy atom. The Balaban J connectivity index is 2.42. The Hall–Kier alpha value is -0.870. The summed E-state index contributed by atoms with van der Waals surface area (Å²) in [7, 11) is 0. The van der Waals surface area contributed by atoms with Crippen molar-refractivity contribution in [2.45, 2.75) is 19.8 Å². The van der Waals surface area contributed by atoms with E-state index in [1.165, 1.54) is 5.56 Å². The number of hydrogen-bond acceptors (Lipinski definition) is 2. The smallest absolute Gasteiger partial charge is 0.104 e. The van der Waals surface area contributed by atoms with Crippen molar-refractivity contribution in [2.24, 2.45) is 5.73 Å². The SMILES string of the molecule is Cc1nc2c(Br)cc(CCCN)cc2[nH]1. The van der Waals surface area contributed by atoms with Crippen LogP contribution in [0.2, 0.25) is 0 Å². The van der Waals surface area contributed by atoms with Crippen LogP contribution in [-0.4, -0.2) is 16.5 Å². The van der Waals surface area contributed by atoms with E-state index in [9.17, 15) is 0 Å². The van der Waals surface area contributed by atoms with Crippen LogP contribution >= 0.6 is 15.9 Å². The Kier molecular flexibility index (Phi) is 3.07. The summed E-state index contributed by atoms with van der Waals surface area (Å²) in [5.41, 5.74) is 8.89. The summed E-state index contributed by atoms with van der Waals surface area (Å²) in [5.74, 6) is 0.946. The minimum absolute atomic E-state index is 0.734. The van der Waals surface area contributed by atoms with Gasteiger partial charge in [0.2, 0.25) is 0 Å². The van der Waals surface area contributed by atoms with Crippen LogP contribution < -0.4 is 5.73 Å². The number of nitrogens with zero attached hydrogens (tertiary/aromatic N) is 1. The molecule has 3 N–H and O–H groups in total. The minimum Gasteiger partial charge on any atom is -0.342 e. The van der Waals surface area contributed by atoms with Crippen molar-refractivity contribution in [1.82, 2.24) is 9.97 Å². The summed E-state index contributed by atoms with van der Waals surface area (Å²) >= 11 is 3.54. The van der Waals surface area contributed by atoms with E-state index in [1.807, 2.05) is 6.92 Å². The number of aromatic amines is 1. The van der Waals surface area contributed by atoms with Crippen LogP contribution in [0, 0.1) is 6.92 Å². The van der Waals surface area contributed by atoms with Crippen LogP contribution in [0.15, 0.2) is 16.6 Å². The number of nitrogens with one attached hydrogen (secondary N) is 1. The quantitative estimate of drug-likeness (QED) is 0.898. The van der Waals surface area contributed by atoms with Gasteiger partial charge in [-0.15, -0.1) is 0 Å². The molecule has 0 radical (unpaired) electrons. The lowest BCUT2D eigenvalue weighted by Gasteiger charge is -2.01. The van der Waals surface area contributed by atoms with Crippen LogP contribution in [-0.2, 0) is 6.42 Å². The van der Waals surface area contributed by atoms with E-state index in [-0.39, 0.29) is 0 Å². The largest absolute Gasteiger partial charge is 0.342 e. The lowest BCUT2D eigenvalue weighted by Crippen LogP contribution is -2.00. The van der Waals surface area contributed by atoms with E-state index in [4.69, 9.17) is 5.73 Å². The molecule has 15 heavy (non-hydrogen) atoms. The van der Waals surface area contributed by atoms with Gasteiger partial charge >= 0.3 is 0 Å². The van der Waals surface area contributed by atoms with Gasteiger partial charge in [0.1, 0.15) is 11.3 Å². The number of H-pyrrole nitrogens is 1. The number of nitrogens with two attached hydrogens (primary N) is 1. The van der Waals surface area contributed by atoms with Crippen molar-refractivity contribution in [3.63, 3.8) is 0 Å². The Morgan fingerprint density at radius 2 is 2.27 bits per heavy atom. The number of aryl methyl sites for hydroxylation is 2. The minimum atomic E-state index is 0.734. The predicted molar refractivity (Wildman–Crippen MR) is 65.9 cm³/mol. The van der Waals surface area contributed by atoms with E-state index in [2.05, 4.69) is 38.0 Å². The Bertz CT molecular complexity index is 476. The molecule has 0 amide bonds. The summed E-state index contributed by atoms with van der Waals surface area (Å²) < 4.78 is 1.05. The molecule has 3 nitrogen and oxygen atoms in total. The first-order valence-electron chi connectivity index (χ1n) is 5.05. The second-order valence-electron chi connectivity index (χ2n) is 3.69. The zero-order valence-corrected chi connectivity index (χ0v) is 10.3. The van der Waals surface area contributed by atoms with Gasteiger partial charge in [0, 0.05) is 4.47 Å². The molecule has 0 bridgehead atoms. The average Bonchev–Trinajstić information content (AvgIpc) is 2.56. The Morgan fingerprint density at radius 1 is 1.47 bits per heavy atom. The lowest BCUT2D eigenvalue weighted by atomic mass is 10.1. The summed E-state index contributed by atoms with van der Waals surface area (Å²) in [5, 5.41) is 0. The van der Waals surface area contributed by atoms with Crippen LogP contribution in [0.4, 0.5) is 0 Å². The number of halogens is 1. The van der Waals surface area contributed by atoms with Crippen molar-refractivity contribution in [1.29, 1.82) is 0 Å². The lowest BCUT2D eigenvalue weighted by molar-refractivity contribution is 0.833. The van der Waals surface area contributed by atoms with Crippen LogP contribution in [0.5, 0.6) is 0 Å². The van der Waals surface area contributed by atoms with E-state index in [0.717, 1.165) is 40.7 Å². The van der Waals surface area contributed by atoms with Crippen molar-refractivity contribution < 1.29 is 0 Å². The number of fused-ring (bicyclic) bond motifs is 1. The first-order chi connectivity index (χ1) is 7.20. The first-order valence-corrected chi connectivity index (χ1v) is 5.85. The van der Waals surface area contributed by atoms with Gasteiger partial charge in [-0.3, -0.25) is 0 Å². The first kappa shape index (κ1) is 10.6. The van der Waals surface area contributed by atoms with Crippen molar-refractivity contribution in [3.05, 3.63) is 28.0 Å². The van der Waals surface area contributed by atoms with Gasteiger partial charge in [0.15, 0.2) is 0 Å². The van der Waals surface area contributed by atoms with E-state index >= 15 is 0 Å². The number of aromatic nitrogens is 2. The zero-order chi connectivity index (χ0) is 10.8. The highest BCUT2D eigenvalue weighted by Gasteiger charge is 2.05. The molecule has 0 atom stereocenters. The summed E-state index contributed by atoms with van der Waals surface area (Å²) in [6.45, 7) is 2.70. The molecule has 0 saturated carbocycles. The highest BCUT2D eigenvalue weighted by atomic mass is 79.9. The number of rotatable bonds is 3. The van der Waals surface area contributed by atoms with Gasteiger partial charge in [-0.1, -0.05) is 0 Å². The molecule has 1 aromatic heterocycles. The molecule has 0 aliphatic carbocycles. The van der Waals surface area contributed by atoms with Gasteiger partial charge in [-0.25, -0.2) is 4.98 Å². The van der Waals surface area contributed by atoms with Crippen molar-refractivity contribution in [2.75, 3.05) is 6.54 Å². The molecule has 4 heteroatoms. The van der Waals surface area contributed by atoms with Gasteiger partial charge in [0.25, 0.3) is 0 Å². The van der Waals surface area contributed by atoms with E-state index in [1.54, 1.807) is 0 Å². The van der Waals surface area contributed by atoms with E-state index in [0.29, 0.717) is 0 Å². The molecule has 2 rings (SSSR count). The van der Waals surface area contributed by atoms with Gasteiger partial charge < -0.3 is 10.7 Å². The number of benzene rings is 1. The molecule has 1 heterocycles. The number of imidazole rings is 1. The molecule has 2 aromatic rings. The molecule has 0 aliphatic heterocycles. The zero-order valence-electron chi connectivity index (χ0n) is 8.68. The third kappa shape index (κ3) is 2.21. The standard InChI is InChI=1S/C11H14BrN3/c1-7-14-10-6-8(3-2-4-13)5-9(12)11(10)15-7/h5-6H,2-4,13H2,1H3,(H,14,15). The van der Waals surface area contributed by atoms with E-state index < -0.39 is 0 Å². The maximum atomic E-state index is 5.50. The summed E-state index contributed by atoms with van der Waals surface area (Å²) in [4.78, 5) is 7.65. The molecular formula is C11H14BrN3. The van der Waals surface area contributed by atoms with Gasteiger partial charge in [0.05, 0.1) is 5.52 Å². The van der Waals surface area contributed by atoms with Crippen molar-refractivity contribution >= 4 is 27.0 Å². The molecule has 0 spiro atoms. The molecule has 0 unspecified atom stereocenters. The average molecular weight is 268 g/mol. The molecule has 1 aromatic carbocycles. The second kappa shape index (κ2) is 4.33. The van der Waals surface area contributed by atoms with Crippen molar-refractivity contribution in [3.8, 4) is 0 Å². The third-order valence-electron chi connectivity index (χ3n) is 2.39. The molecule has 0 aliphatic rings. The maximum Gasteiger partial charge on any atom is 0.104 e. The van der Waals surface area contributed by atoms with Crippen LogP contribution in [0.25, 0.3) is 11.0 Å². The molecule has 0 saturated heterocycles. The number of hydrogen-bond donors (Lipinski definition) is 2. The maximum absolute atomic E-state index is 5.50. The topological polar surface area (TPSA) is 54.7 Å². The van der Waals surface area contributed by atoms with Gasteiger partial charge in [-0.2, -0.15) is 0 Å². The molecule has 0 fully saturated rings. The fourth-order valence-electron chi connectivity index (χ4n) is 1.71. The normalized spacial score (nSPS) is 11.1. The predicted octanol–water partition coefficient (Wildman–Crippen LogP) is 2.53. The van der Waals surface area contributed by atoms with Crippen LogP contribution in [0.3, 0.4) is 0 Å². The third-order valence-corrected chi connectivity index (χ3v) is 2.99. The summed E-state index contributed by atoms with van der Waals surface area (Å²) in [6.07, 6.45) is 2.04. The monoisotopic (exact) mass is 267 g/mol. The highest BCUT2D eigenvalue weighted by molar-refractivity contribution is 9.10. The highest BCUT2D eigenvalue weighted by Crippen LogP contribution is 2.24. The fourth-order valence-corrected chi connectivity index (χ4v) is 2.30. The molecule has 80 valence electrons.